The molecule has 0 fully saturated rings. The van der Waals surface area contributed by atoms with Crippen molar-refractivity contribution < 1.29 is 12.8 Å². The monoisotopic (exact) mass is 415 g/mol. The first-order chi connectivity index (χ1) is 14.4. The Labute approximate surface area is 173 Å². The van der Waals surface area contributed by atoms with Gasteiger partial charge in [-0.25, -0.2) is 8.42 Å². The van der Waals surface area contributed by atoms with Gasteiger partial charge in [-0.1, -0.05) is 36.1 Å². The fourth-order valence-corrected chi connectivity index (χ4v) is 3.87. The van der Waals surface area contributed by atoms with Crippen LogP contribution in [0.15, 0.2) is 82.5 Å². The van der Waals surface area contributed by atoms with Crippen LogP contribution >= 0.6 is 0 Å². The zero-order valence-electron chi connectivity index (χ0n) is 16.1. The molecule has 0 amide bonds. The molecule has 0 unspecified atom stereocenters. The summed E-state index contributed by atoms with van der Waals surface area (Å²) in [4.78, 5) is 17.0. The molecular formula is C24H17NO4S. The van der Waals surface area contributed by atoms with Crippen LogP contribution < -0.4 is 5.43 Å². The second-order valence-corrected chi connectivity index (χ2v) is 9.09. The average molecular weight is 415 g/mol. The molecule has 2 heterocycles. The van der Waals surface area contributed by atoms with Crippen LogP contribution in [0.3, 0.4) is 0 Å². The van der Waals surface area contributed by atoms with Crippen LogP contribution in [-0.2, 0) is 15.6 Å². The number of pyridine rings is 1. The van der Waals surface area contributed by atoms with Crippen molar-refractivity contribution in [3.8, 4) is 23.0 Å². The molecule has 0 radical (unpaired) electrons. The fraction of sp³-hybridized carbons (Fsp3) is 0.0833. The molecule has 0 bridgehead atoms. The normalized spacial score (nSPS) is 11.1. The van der Waals surface area contributed by atoms with Gasteiger partial charge in [-0.05, 0) is 41.5 Å². The lowest BCUT2D eigenvalue weighted by Crippen LogP contribution is -2.05. The maximum Gasteiger partial charge on any atom is 0.200 e. The van der Waals surface area contributed by atoms with E-state index >= 15 is 0 Å². The highest BCUT2D eigenvalue weighted by Crippen LogP contribution is 2.21. The number of aromatic nitrogens is 1. The van der Waals surface area contributed by atoms with E-state index in [2.05, 4.69) is 16.8 Å². The third-order valence-corrected chi connectivity index (χ3v) is 5.34. The van der Waals surface area contributed by atoms with E-state index < -0.39 is 9.84 Å². The number of fused-ring (bicyclic) bond motifs is 1. The number of nitrogens with zero attached hydrogens (tertiary/aromatic N) is 1. The summed E-state index contributed by atoms with van der Waals surface area (Å²) in [5.74, 6) is 6.03. The van der Waals surface area contributed by atoms with Gasteiger partial charge in [0.05, 0.1) is 16.7 Å². The zero-order chi connectivity index (χ0) is 21.1. The SMILES string of the molecule is CS(=O)(=O)Cc1ccc(-c2coc3cc(C#Cc4cccnc4)ccc3c2=O)cc1. The van der Waals surface area contributed by atoms with Gasteiger partial charge in [-0.2, -0.15) is 0 Å². The molecule has 0 aliphatic rings. The molecule has 2 aromatic heterocycles. The quantitative estimate of drug-likeness (QED) is 0.476. The predicted molar refractivity (Wildman–Crippen MR) is 117 cm³/mol. The number of rotatable bonds is 3. The molecule has 0 saturated heterocycles. The summed E-state index contributed by atoms with van der Waals surface area (Å²) in [7, 11) is -3.11. The third kappa shape index (κ3) is 4.48. The molecule has 148 valence electrons. The van der Waals surface area contributed by atoms with Gasteiger partial charge in [-0.3, -0.25) is 9.78 Å². The highest BCUT2D eigenvalue weighted by Gasteiger charge is 2.11. The van der Waals surface area contributed by atoms with Gasteiger partial charge >= 0.3 is 0 Å². The molecule has 0 spiro atoms. The lowest BCUT2D eigenvalue weighted by molar-refractivity contribution is 0.601. The Morgan fingerprint density at radius 3 is 2.47 bits per heavy atom. The van der Waals surface area contributed by atoms with Crippen LogP contribution in [0.4, 0.5) is 0 Å². The number of hydrogen-bond acceptors (Lipinski definition) is 5. The standard InChI is InChI=1S/C24H17NO4S/c1-30(27,28)16-19-6-9-20(10-7-19)22-15-29-23-13-17(8-11-21(23)24(22)26)4-5-18-3-2-12-25-14-18/h2-3,6-15H,16H2,1H3. The molecule has 30 heavy (non-hydrogen) atoms. The smallest absolute Gasteiger partial charge is 0.200 e. The molecule has 6 heteroatoms. The Balaban J connectivity index is 1.66. The van der Waals surface area contributed by atoms with E-state index in [-0.39, 0.29) is 11.2 Å². The van der Waals surface area contributed by atoms with Gasteiger partial charge in [0, 0.05) is 29.8 Å². The lowest BCUT2D eigenvalue weighted by atomic mass is 10.0. The molecule has 0 saturated carbocycles. The minimum Gasteiger partial charge on any atom is -0.463 e. The molecule has 4 aromatic rings. The average Bonchev–Trinajstić information content (AvgIpc) is 2.73. The van der Waals surface area contributed by atoms with Gasteiger partial charge in [0.15, 0.2) is 15.3 Å². The van der Waals surface area contributed by atoms with E-state index in [4.69, 9.17) is 4.42 Å². The fourth-order valence-electron chi connectivity index (χ4n) is 3.07. The van der Waals surface area contributed by atoms with E-state index in [1.807, 2.05) is 12.1 Å². The maximum atomic E-state index is 12.9. The third-order valence-electron chi connectivity index (χ3n) is 4.48. The van der Waals surface area contributed by atoms with Crippen molar-refractivity contribution in [2.24, 2.45) is 0 Å². The lowest BCUT2D eigenvalue weighted by Gasteiger charge is -2.05. The summed E-state index contributed by atoms with van der Waals surface area (Å²) in [5, 5.41) is 0.458. The van der Waals surface area contributed by atoms with Crippen molar-refractivity contribution in [3.63, 3.8) is 0 Å². The van der Waals surface area contributed by atoms with Crippen LogP contribution in [0, 0.1) is 11.8 Å². The Morgan fingerprint density at radius 1 is 1.00 bits per heavy atom. The summed E-state index contributed by atoms with van der Waals surface area (Å²) in [6.07, 6.45) is 5.98. The van der Waals surface area contributed by atoms with Gasteiger partial charge < -0.3 is 4.42 Å². The van der Waals surface area contributed by atoms with E-state index in [9.17, 15) is 13.2 Å². The minimum absolute atomic E-state index is 0.0392. The van der Waals surface area contributed by atoms with Crippen LogP contribution in [0.25, 0.3) is 22.1 Å². The Morgan fingerprint density at radius 2 is 1.77 bits per heavy atom. The van der Waals surface area contributed by atoms with Gasteiger partial charge in [0.1, 0.15) is 11.8 Å². The van der Waals surface area contributed by atoms with Crippen LogP contribution in [0.1, 0.15) is 16.7 Å². The van der Waals surface area contributed by atoms with Gasteiger partial charge in [0.25, 0.3) is 0 Å². The predicted octanol–water partition coefficient (Wildman–Crippen LogP) is 3.80. The molecule has 0 aliphatic carbocycles. The Bertz CT molecular complexity index is 1440. The number of sulfone groups is 1. The highest BCUT2D eigenvalue weighted by molar-refractivity contribution is 7.89. The van der Waals surface area contributed by atoms with Crippen LogP contribution in [0.5, 0.6) is 0 Å². The van der Waals surface area contributed by atoms with Crippen molar-refractivity contribution >= 4 is 20.8 Å². The van der Waals surface area contributed by atoms with E-state index in [0.717, 1.165) is 11.1 Å². The van der Waals surface area contributed by atoms with Crippen LogP contribution in [0.2, 0.25) is 0 Å². The summed E-state index contributed by atoms with van der Waals surface area (Å²) in [6, 6.07) is 15.8. The first-order valence-electron chi connectivity index (χ1n) is 9.14. The van der Waals surface area contributed by atoms with Crippen molar-refractivity contribution in [2.45, 2.75) is 5.75 Å². The number of hydrogen-bond donors (Lipinski definition) is 0. The van der Waals surface area contributed by atoms with E-state index in [0.29, 0.717) is 27.7 Å². The van der Waals surface area contributed by atoms with Crippen molar-refractivity contribution in [3.05, 3.63) is 100 Å². The Kier molecular flexibility index (Phi) is 5.21. The second kappa shape index (κ2) is 7.97. The van der Waals surface area contributed by atoms with Gasteiger partial charge in [0.2, 0.25) is 0 Å². The minimum atomic E-state index is -3.11. The topological polar surface area (TPSA) is 77.2 Å². The summed E-state index contributed by atoms with van der Waals surface area (Å²) >= 11 is 0. The molecule has 5 nitrogen and oxygen atoms in total. The molecule has 0 atom stereocenters. The zero-order valence-corrected chi connectivity index (χ0v) is 16.9. The molecule has 0 aliphatic heterocycles. The van der Waals surface area contributed by atoms with Crippen molar-refractivity contribution in [2.75, 3.05) is 6.26 Å². The van der Waals surface area contributed by atoms with Gasteiger partial charge in [-0.15, -0.1) is 0 Å². The van der Waals surface area contributed by atoms with E-state index in [1.165, 1.54) is 12.5 Å². The summed E-state index contributed by atoms with van der Waals surface area (Å²) in [6.45, 7) is 0. The Hall–Kier alpha value is -3.69. The first-order valence-corrected chi connectivity index (χ1v) is 11.2. The molecular weight excluding hydrogens is 398 g/mol. The van der Waals surface area contributed by atoms with Crippen LogP contribution in [-0.4, -0.2) is 19.7 Å². The number of benzene rings is 2. The molecule has 4 rings (SSSR count). The highest BCUT2D eigenvalue weighted by atomic mass is 32.2. The van der Waals surface area contributed by atoms with E-state index in [1.54, 1.807) is 54.9 Å². The summed E-state index contributed by atoms with van der Waals surface area (Å²) in [5.41, 5.74) is 3.59. The molecule has 2 aromatic carbocycles. The van der Waals surface area contributed by atoms with Crippen molar-refractivity contribution in [1.82, 2.24) is 4.98 Å². The molecule has 0 N–H and O–H groups in total. The van der Waals surface area contributed by atoms with Crippen molar-refractivity contribution in [1.29, 1.82) is 0 Å². The first kappa shape index (κ1) is 19.6. The summed E-state index contributed by atoms with van der Waals surface area (Å²) < 4.78 is 28.6. The largest absolute Gasteiger partial charge is 0.463 e. The maximum absolute atomic E-state index is 12.9. The second-order valence-electron chi connectivity index (χ2n) is 6.95.